The second-order valence-electron chi connectivity index (χ2n) is 3.87. The van der Waals surface area contributed by atoms with E-state index in [1.165, 1.54) is 6.07 Å². The Hall–Kier alpha value is -1.91. The first-order valence-electron chi connectivity index (χ1n) is 5.25. The maximum Gasteiger partial charge on any atom is 0.161 e. The third-order valence-electron chi connectivity index (χ3n) is 2.70. The normalized spacial score (nSPS) is 12.3. The van der Waals surface area contributed by atoms with Crippen molar-refractivity contribution in [1.82, 2.24) is 0 Å². The van der Waals surface area contributed by atoms with Crippen LogP contribution in [0.25, 0.3) is 0 Å². The molecule has 5 heteroatoms. The minimum atomic E-state index is -1.06. The van der Waals surface area contributed by atoms with Crippen molar-refractivity contribution < 1.29 is 15.3 Å². The smallest absolute Gasteiger partial charge is 0.161 e. The Morgan fingerprint density at radius 3 is 2.28 bits per heavy atom. The number of halogens is 1. The number of hydrogen-bond acceptors (Lipinski definition) is 4. The number of phenols is 2. The van der Waals surface area contributed by atoms with Crippen molar-refractivity contribution in [1.29, 1.82) is 0 Å². The zero-order valence-electron chi connectivity index (χ0n) is 9.34. The van der Waals surface area contributed by atoms with Crippen LogP contribution in [0.4, 0.5) is 5.69 Å². The van der Waals surface area contributed by atoms with Gasteiger partial charge in [0.2, 0.25) is 0 Å². The van der Waals surface area contributed by atoms with Crippen LogP contribution in [0, 0.1) is 0 Å². The summed E-state index contributed by atoms with van der Waals surface area (Å²) in [5.74, 6) is -0.758. The van der Waals surface area contributed by atoms with Crippen molar-refractivity contribution in [2.24, 2.45) is 0 Å². The molecule has 2 aromatic carbocycles. The summed E-state index contributed by atoms with van der Waals surface area (Å²) in [6.07, 6.45) is -1.06. The van der Waals surface area contributed by atoms with Crippen LogP contribution < -0.4 is 5.73 Å². The molecule has 4 nitrogen and oxygen atoms in total. The average Bonchev–Trinajstić information content (AvgIpc) is 2.41. The van der Waals surface area contributed by atoms with E-state index in [1.54, 1.807) is 24.3 Å². The lowest BCUT2D eigenvalue weighted by atomic mass is 10.00. The van der Waals surface area contributed by atoms with Gasteiger partial charge in [0.05, 0.1) is 5.02 Å². The van der Waals surface area contributed by atoms with Crippen molar-refractivity contribution >= 4 is 17.3 Å². The molecule has 1 atom stereocenters. The Labute approximate surface area is 109 Å². The van der Waals surface area contributed by atoms with Crippen LogP contribution in [0.3, 0.4) is 0 Å². The van der Waals surface area contributed by atoms with Crippen LogP contribution in [0.2, 0.25) is 5.02 Å². The maximum atomic E-state index is 10.2. The number of aliphatic hydroxyl groups excluding tert-OH is 1. The Kier molecular flexibility index (Phi) is 3.32. The molecule has 0 bridgehead atoms. The molecule has 1 unspecified atom stereocenters. The van der Waals surface area contributed by atoms with Crippen molar-refractivity contribution in [3.05, 3.63) is 52.5 Å². The number of nitrogens with two attached hydrogens (primary N) is 1. The molecule has 0 radical (unpaired) electrons. The summed E-state index contributed by atoms with van der Waals surface area (Å²) in [6.45, 7) is 0. The Morgan fingerprint density at radius 1 is 1.06 bits per heavy atom. The zero-order valence-corrected chi connectivity index (χ0v) is 10.1. The van der Waals surface area contributed by atoms with Gasteiger partial charge in [-0.25, -0.2) is 0 Å². The first kappa shape index (κ1) is 12.5. The van der Waals surface area contributed by atoms with Gasteiger partial charge in [0.15, 0.2) is 5.75 Å². The molecule has 2 aromatic rings. The molecule has 0 fully saturated rings. The predicted octanol–water partition coefficient (Wildman–Crippen LogP) is 2.42. The van der Waals surface area contributed by atoms with Crippen molar-refractivity contribution in [2.75, 3.05) is 5.73 Å². The predicted molar refractivity (Wildman–Crippen MR) is 69.7 cm³/mol. The fraction of sp³-hybridized carbons (Fsp3) is 0.0769. The van der Waals surface area contributed by atoms with Crippen LogP contribution in [-0.2, 0) is 0 Å². The molecule has 18 heavy (non-hydrogen) atoms. The van der Waals surface area contributed by atoms with E-state index in [0.29, 0.717) is 5.56 Å². The molecule has 0 aliphatic rings. The van der Waals surface area contributed by atoms with Crippen LogP contribution in [0.1, 0.15) is 17.2 Å². The minimum Gasteiger partial charge on any atom is -0.505 e. The highest BCUT2D eigenvalue weighted by molar-refractivity contribution is 6.32. The molecule has 0 spiro atoms. The molecule has 0 saturated heterocycles. The third-order valence-corrected chi connectivity index (χ3v) is 2.99. The minimum absolute atomic E-state index is 0.0183. The largest absolute Gasteiger partial charge is 0.505 e. The molecule has 0 amide bonds. The van der Waals surface area contributed by atoms with Crippen molar-refractivity contribution in [2.45, 2.75) is 6.10 Å². The summed E-state index contributed by atoms with van der Waals surface area (Å²) < 4.78 is 0. The second kappa shape index (κ2) is 4.76. The van der Waals surface area contributed by atoms with Crippen molar-refractivity contribution in [3.63, 3.8) is 0 Å². The van der Waals surface area contributed by atoms with Gasteiger partial charge in [-0.2, -0.15) is 0 Å². The number of anilines is 1. The molecular weight excluding hydrogens is 254 g/mol. The molecule has 2 rings (SSSR count). The highest BCUT2D eigenvalue weighted by Crippen LogP contribution is 2.42. The summed E-state index contributed by atoms with van der Waals surface area (Å²) in [5, 5.41) is 29.4. The lowest BCUT2D eigenvalue weighted by Crippen LogP contribution is -2.02. The summed E-state index contributed by atoms with van der Waals surface area (Å²) >= 11 is 5.77. The SMILES string of the molecule is Nc1c(O)c(Cl)cc(C(O)c2ccccc2)c1O. The van der Waals surface area contributed by atoms with E-state index in [0.717, 1.165) is 0 Å². The third kappa shape index (κ3) is 2.08. The van der Waals surface area contributed by atoms with E-state index >= 15 is 0 Å². The van der Waals surface area contributed by atoms with Crippen LogP contribution in [0.5, 0.6) is 11.5 Å². The van der Waals surface area contributed by atoms with Gasteiger partial charge < -0.3 is 21.1 Å². The van der Waals surface area contributed by atoms with E-state index < -0.39 is 11.9 Å². The quantitative estimate of drug-likeness (QED) is 0.496. The number of aromatic hydroxyl groups is 2. The Bertz CT molecular complexity index is 572. The second-order valence-corrected chi connectivity index (χ2v) is 4.28. The van der Waals surface area contributed by atoms with Crippen LogP contribution >= 0.6 is 11.6 Å². The van der Waals surface area contributed by atoms with Gasteiger partial charge in [0.1, 0.15) is 17.5 Å². The number of hydrogen-bond donors (Lipinski definition) is 4. The number of rotatable bonds is 2. The molecule has 5 N–H and O–H groups in total. The van der Waals surface area contributed by atoms with Gasteiger partial charge in [0.25, 0.3) is 0 Å². The fourth-order valence-electron chi connectivity index (χ4n) is 1.69. The first-order chi connectivity index (χ1) is 8.52. The molecule has 0 heterocycles. The summed E-state index contributed by atoms with van der Waals surface area (Å²) in [5.41, 5.74) is 6.01. The average molecular weight is 266 g/mol. The molecule has 0 aliphatic heterocycles. The number of nitrogen functional groups attached to an aromatic ring is 1. The molecule has 94 valence electrons. The number of benzene rings is 2. The van der Waals surface area contributed by atoms with E-state index in [1.807, 2.05) is 6.07 Å². The maximum absolute atomic E-state index is 10.2. The summed E-state index contributed by atoms with van der Waals surface area (Å²) in [6, 6.07) is 10.1. The molecule has 0 aliphatic carbocycles. The van der Waals surface area contributed by atoms with Gasteiger partial charge in [-0.3, -0.25) is 0 Å². The lowest BCUT2D eigenvalue weighted by Gasteiger charge is -2.15. The first-order valence-corrected chi connectivity index (χ1v) is 5.63. The van der Waals surface area contributed by atoms with Crippen molar-refractivity contribution in [3.8, 4) is 11.5 Å². The van der Waals surface area contributed by atoms with Gasteiger partial charge >= 0.3 is 0 Å². The molecule has 0 aromatic heterocycles. The molecule has 0 saturated carbocycles. The summed E-state index contributed by atoms with van der Waals surface area (Å²) in [7, 11) is 0. The Morgan fingerprint density at radius 2 is 1.67 bits per heavy atom. The monoisotopic (exact) mass is 265 g/mol. The molecular formula is C13H12ClNO3. The van der Waals surface area contributed by atoms with Gasteiger partial charge in [0, 0.05) is 5.56 Å². The fourth-order valence-corrected chi connectivity index (χ4v) is 1.91. The van der Waals surface area contributed by atoms with E-state index in [-0.39, 0.29) is 22.0 Å². The number of aliphatic hydroxyl groups is 1. The Balaban J connectivity index is 2.52. The van der Waals surface area contributed by atoms with E-state index in [9.17, 15) is 15.3 Å². The lowest BCUT2D eigenvalue weighted by molar-refractivity contribution is 0.215. The van der Waals surface area contributed by atoms with Crippen LogP contribution in [0.15, 0.2) is 36.4 Å². The van der Waals surface area contributed by atoms with Gasteiger partial charge in [-0.05, 0) is 11.6 Å². The van der Waals surface area contributed by atoms with Gasteiger partial charge in [-0.15, -0.1) is 0 Å². The standard InChI is InChI=1S/C13H12ClNO3/c14-9-6-8(12(17)10(15)13(9)18)11(16)7-4-2-1-3-5-7/h1-6,11,16-18H,15H2. The number of phenolic OH excluding ortho intramolecular Hbond substituents is 2. The zero-order chi connectivity index (χ0) is 13.3. The summed E-state index contributed by atoms with van der Waals surface area (Å²) in [4.78, 5) is 0. The topological polar surface area (TPSA) is 86.7 Å². The van der Waals surface area contributed by atoms with Crippen LogP contribution in [-0.4, -0.2) is 15.3 Å². The highest BCUT2D eigenvalue weighted by atomic mass is 35.5. The van der Waals surface area contributed by atoms with E-state index in [2.05, 4.69) is 0 Å². The van der Waals surface area contributed by atoms with Gasteiger partial charge in [-0.1, -0.05) is 41.9 Å². The van der Waals surface area contributed by atoms with E-state index in [4.69, 9.17) is 17.3 Å². The highest BCUT2D eigenvalue weighted by Gasteiger charge is 2.20.